The van der Waals surface area contributed by atoms with Crippen molar-refractivity contribution in [1.82, 2.24) is 20.0 Å². The highest BCUT2D eigenvalue weighted by atomic mass is 15.4. The molecular weight excluding hydrogens is 178 g/mol. The molecule has 1 N–H and O–H groups in total. The Kier molecular flexibility index (Phi) is 2.40. The summed E-state index contributed by atoms with van der Waals surface area (Å²) < 4.78 is 1.70. The van der Waals surface area contributed by atoms with Crippen molar-refractivity contribution in [2.24, 2.45) is 0 Å². The number of nitrogens with zero attached hydrogens (tertiary/aromatic N) is 4. The summed E-state index contributed by atoms with van der Waals surface area (Å²) in [5, 5.41) is 10.6. The zero-order valence-corrected chi connectivity index (χ0v) is 7.88. The fraction of sp³-hybridized carbons (Fsp3) is 0.222. The SMILES string of the molecule is Cc1ccc(NCn2ccnn2)nc1. The van der Waals surface area contributed by atoms with Crippen LogP contribution in [0.4, 0.5) is 5.82 Å². The molecule has 2 aromatic rings. The highest BCUT2D eigenvalue weighted by Gasteiger charge is 1.93. The molecule has 0 aliphatic rings. The Morgan fingerprint density at radius 1 is 1.43 bits per heavy atom. The molecule has 0 aliphatic carbocycles. The Labute approximate surface area is 81.8 Å². The largest absolute Gasteiger partial charge is 0.351 e. The van der Waals surface area contributed by atoms with Crippen LogP contribution in [0.2, 0.25) is 0 Å². The molecule has 2 aromatic heterocycles. The predicted octanol–water partition coefficient (Wildman–Crippen LogP) is 1.05. The van der Waals surface area contributed by atoms with E-state index in [2.05, 4.69) is 20.6 Å². The van der Waals surface area contributed by atoms with Gasteiger partial charge in [-0.05, 0) is 18.6 Å². The lowest BCUT2D eigenvalue weighted by atomic mass is 10.3. The second-order valence-corrected chi connectivity index (χ2v) is 3.00. The number of hydrogen-bond donors (Lipinski definition) is 1. The summed E-state index contributed by atoms with van der Waals surface area (Å²) in [5.74, 6) is 0.839. The van der Waals surface area contributed by atoms with Crippen LogP contribution in [0.25, 0.3) is 0 Å². The number of hydrogen-bond acceptors (Lipinski definition) is 4. The average molecular weight is 189 g/mol. The van der Waals surface area contributed by atoms with Gasteiger partial charge in [0.1, 0.15) is 12.5 Å². The van der Waals surface area contributed by atoms with Crippen molar-refractivity contribution < 1.29 is 0 Å². The molecule has 0 aliphatic heterocycles. The van der Waals surface area contributed by atoms with Crippen LogP contribution in [0.5, 0.6) is 0 Å². The monoisotopic (exact) mass is 189 g/mol. The van der Waals surface area contributed by atoms with E-state index in [9.17, 15) is 0 Å². The topological polar surface area (TPSA) is 55.6 Å². The van der Waals surface area contributed by atoms with Crippen LogP contribution in [0.1, 0.15) is 5.56 Å². The van der Waals surface area contributed by atoms with E-state index in [4.69, 9.17) is 0 Å². The van der Waals surface area contributed by atoms with Crippen LogP contribution in [0.15, 0.2) is 30.7 Å². The van der Waals surface area contributed by atoms with E-state index in [0.717, 1.165) is 11.4 Å². The summed E-state index contributed by atoms with van der Waals surface area (Å²) in [6.45, 7) is 2.59. The lowest BCUT2D eigenvalue weighted by Crippen LogP contribution is -2.09. The summed E-state index contributed by atoms with van der Waals surface area (Å²) in [4.78, 5) is 4.21. The average Bonchev–Trinajstić information content (AvgIpc) is 2.70. The van der Waals surface area contributed by atoms with E-state index < -0.39 is 0 Å². The van der Waals surface area contributed by atoms with E-state index in [1.54, 1.807) is 17.1 Å². The zero-order valence-electron chi connectivity index (χ0n) is 7.88. The zero-order chi connectivity index (χ0) is 9.80. The van der Waals surface area contributed by atoms with Crippen LogP contribution in [0, 0.1) is 6.92 Å². The van der Waals surface area contributed by atoms with Crippen LogP contribution >= 0.6 is 0 Å². The molecule has 0 saturated carbocycles. The molecule has 0 spiro atoms. The Morgan fingerprint density at radius 3 is 3.00 bits per heavy atom. The van der Waals surface area contributed by atoms with Gasteiger partial charge in [-0.25, -0.2) is 9.67 Å². The molecule has 2 heterocycles. The molecule has 0 amide bonds. The molecule has 0 radical (unpaired) electrons. The second-order valence-electron chi connectivity index (χ2n) is 3.00. The van der Waals surface area contributed by atoms with Crippen molar-refractivity contribution in [3.63, 3.8) is 0 Å². The van der Waals surface area contributed by atoms with Crippen molar-refractivity contribution in [3.05, 3.63) is 36.3 Å². The molecule has 0 atom stereocenters. The highest BCUT2D eigenvalue weighted by molar-refractivity contribution is 5.34. The first-order valence-electron chi connectivity index (χ1n) is 4.35. The summed E-state index contributed by atoms with van der Waals surface area (Å²) >= 11 is 0. The molecule has 5 nitrogen and oxygen atoms in total. The normalized spacial score (nSPS) is 10.1. The predicted molar refractivity (Wildman–Crippen MR) is 52.6 cm³/mol. The van der Waals surface area contributed by atoms with Crippen molar-refractivity contribution in [2.45, 2.75) is 13.6 Å². The number of aromatic nitrogens is 4. The van der Waals surface area contributed by atoms with Crippen LogP contribution in [-0.4, -0.2) is 20.0 Å². The maximum atomic E-state index is 4.21. The molecular formula is C9H11N5. The van der Waals surface area contributed by atoms with Crippen LogP contribution < -0.4 is 5.32 Å². The standard InChI is InChI=1S/C9H11N5/c1-8-2-3-9(10-6-8)11-7-14-5-4-12-13-14/h2-6H,7H2,1H3,(H,10,11). The van der Waals surface area contributed by atoms with Gasteiger partial charge in [0.25, 0.3) is 0 Å². The third-order valence-electron chi connectivity index (χ3n) is 1.81. The Balaban J connectivity index is 1.95. The number of rotatable bonds is 3. The van der Waals surface area contributed by atoms with Gasteiger partial charge in [0.05, 0.1) is 6.20 Å². The fourth-order valence-electron chi connectivity index (χ4n) is 1.05. The maximum absolute atomic E-state index is 4.21. The number of anilines is 1. The van der Waals surface area contributed by atoms with Gasteiger partial charge in [-0.3, -0.25) is 0 Å². The molecule has 0 unspecified atom stereocenters. The van der Waals surface area contributed by atoms with E-state index in [-0.39, 0.29) is 0 Å². The smallest absolute Gasteiger partial charge is 0.127 e. The molecule has 0 bridgehead atoms. The fourth-order valence-corrected chi connectivity index (χ4v) is 1.05. The quantitative estimate of drug-likeness (QED) is 0.784. The lowest BCUT2D eigenvalue weighted by molar-refractivity contribution is 0.634. The van der Waals surface area contributed by atoms with Crippen LogP contribution in [-0.2, 0) is 6.67 Å². The Morgan fingerprint density at radius 2 is 2.36 bits per heavy atom. The Hall–Kier alpha value is -1.91. The third-order valence-corrected chi connectivity index (χ3v) is 1.81. The van der Waals surface area contributed by atoms with E-state index in [1.165, 1.54) is 0 Å². The Bertz CT molecular complexity index is 378. The second kappa shape index (κ2) is 3.87. The molecule has 14 heavy (non-hydrogen) atoms. The lowest BCUT2D eigenvalue weighted by Gasteiger charge is -2.04. The highest BCUT2D eigenvalue weighted by Crippen LogP contribution is 2.03. The molecule has 0 aromatic carbocycles. The molecule has 0 fully saturated rings. The number of pyridine rings is 1. The van der Waals surface area contributed by atoms with Crippen molar-refractivity contribution in [1.29, 1.82) is 0 Å². The first-order chi connectivity index (χ1) is 6.84. The summed E-state index contributed by atoms with van der Waals surface area (Å²) in [7, 11) is 0. The van der Waals surface area contributed by atoms with Gasteiger partial charge in [0, 0.05) is 12.4 Å². The minimum atomic E-state index is 0.579. The summed E-state index contributed by atoms with van der Waals surface area (Å²) in [5.41, 5.74) is 1.15. The van der Waals surface area contributed by atoms with Gasteiger partial charge in [-0.2, -0.15) is 0 Å². The van der Waals surface area contributed by atoms with Gasteiger partial charge < -0.3 is 5.32 Å². The first-order valence-corrected chi connectivity index (χ1v) is 4.35. The maximum Gasteiger partial charge on any atom is 0.127 e. The minimum Gasteiger partial charge on any atom is -0.351 e. The summed E-state index contributed by atoms with van der Waals surface area (Å²) in [6.07, 6.45) is 5.26. The first kappa shape index (κ1) is 8.68. The van der Waals surface area contributed by atoms with Gasteiger partial charge in [0.15, 0.2) is 0 Å². The van der Waals surface area contributed by atoms with Gasteiger partial charge >= 0.3 is 0 Å². The van der Waals surface area contributed by atoms with Gasteiger partial charge in [-0.1, -0.05) is 11.3 Å². The number of aryl methyl sites for hydroxylation is 1. The van der Waals surface area contributed by atoms with E-state index in [0.29, 0.717) is 6.67 Å². The molecule has 2 rings (SSSR count). The summed E-state index contributed by atoms with van der Waals surface area (Å²) in [6, 6.07) is 3.95. The van der Waals surface area contributed by atoms with Crippen molar-refractivity contribution in [2.75, 3.05) is 5.32 Å². The van der Waals surface area contributed by atoms with E-state index >= 15 is 0 Å². The van der Waals surface area contributed by atoms with Crippen molar-refractivity contribution in [3.8, 4) is 0 Å². The minimum absolute atomic E-state index is 0.579. The van der Waals surface area contributed by atoms with Crippen LogP contribution in [0.3, 0.4) is 0 Å². The molecule has 0 saturated heterocycles. The van der Waals surface area contributed by atoms with Crippen molar-refractivity contribution >= 4 is 5.82 Å². The number of nitrogens with one attached hydrogen (secondary N) is 1. The molecule has 72 valence electrons. The van der Waals surface area contributed by atoms with E-state index in [1.807, 2.05) is 25.3 Å². The molecule has 5 heteroatoms. The van der Waals surface area contributed by atoms with Gasteiger partial charge in [0.2, 0.25) is 0 Å². The third kappa shape index (κ3) is 2.07. The van der Waals surface area contributed by atoms with Gasteiger partial charge in [-0.15, -0.1) is 5.10 Å².